The Morgan fingerprint density at radius 3 is 2.39 bits per heavy atom. The molecule has 1 aromatic heterocycles. The van der Waals surface area contributed by atoms with E-state index in [1.807, 2.05) is 0 Å². The molecular weight excluding hydrogens is 315 g/mol. The monoisotopic (exact) mass is 318 g/mol. The fraction of sp³-hybridized carbons (Fsp3) is 0.222. The van der Waals surface area contributed by atoms with Crippen molar-refractivity contribution in [2.75, 3.05) is 0 Å². The smallest absolute Gasteiger partial charge is 0.403 e. The average Bonchev–Trinajstić information content (AvgIpc) is 2.59. The van der Waals surface area contributed by atoms with Crippen LogP contribution in [0.25, 0.3) is 11.0 Å². The molecule has 2 rings (SSSR count). The molecule has 0 amide bonds. The van der Waals surface area contributed by atoms with Crippen LogP contribution in [0.15, 0.2) is 18.2 Å². The van der Waals surface area contributed by atoms with Gasteiger partial charge in [-0.05, 0) is 12.1 Å². The lowest BCUT2D eigenvalue weighted by molar-refractivity contribution is -0.274. The van der Waals surface area contributed by atoms with Gasteiger partial charge in [-0.3, -0.25) is 0 Å². The van der Waals surface area contributed by atoms with E-state index in [1.54, 1.807) is 0 Å². The molecule has 0 spiro atoms. The number of fused-ring (bicyclic) bond motifs is 1. The van der Waals surface area contributed by atoms with E-state index in [0.717, 1.165) is 6.07 Å². The predicted molar refractivity (Wildman–Crippen MR) is 62.0 cm³/mol. The van der Waals surface area contributed by atoms with Crippen LogP contribution in [0.1, 0.15) is 5.82 Å². The van der Waals surface area contributed by atoms with E-state index in [4.69, 9.17) is 34.8 Å². The first kappa shape index (κ1) is 13.6. The van der Waals surface area contributed by atoms with Gasteiger partial charge in [0.2, 0.25) is 3.79 Å². The molecule has 0 aliphatic rings. The second-order valence-corrected chi connectivity index (χ2v) is 5.56. The standard InChI is InChI=1S/C9H4Cl3F3N2O/c10-8(11,12)7-16-4-2-1-3-5(6(4)17-7)18-9(13,14)15/h1-3H,(H,16,17). The molecule has 0 unspecified atom stereocenters. The third-order valence-electron chi connectivity index (χ3n) is 1.97. The Morgan fingerprint density at radius 1 is 1.17 bits per heavy atom. The Bertz CT molecular complexity index is 576. The fourth-order valence-electron chi connectivity index (χ4n) is 1.35. The van der Waals surface area contributed by atoms with Crippen LogP contribution in [0.5, 0.6) is 5.75 Å². The van der Waals surface area contributed by atoms with Crippen LogP contribution >= 0.6 is 34.8 Å². The van der Waals surface area contributed by atoms with Crippen molar-refractivity contribution in [3.63, 3.8) is 0 Å². The van der Waals surface area contributed by atoms with Crippen molar-refractivity contribution < 1.29 is 17.9 Å². The minimum absolute atomic E-state index is 0.0103. The third-order valence-corrected chi connectivity index (χ3v) is 2.51. The first-order chi connectivity index (χ1) is 8.17. The van der Waals surface area contributed by atoms with Crippen LogP contribution in [0.4, 0.5) is 13.2 Å². The van der Waals surface area contributed by atoms with E-state index in [9.17, 15) is 13.2 Å². The molecule has 0 saturated carbocycles. The normalized spacial score (nSPS) is 13.0. The largest absolute Gasteiger partial charge is 0.573 e. The summed E-state index contributed by atoms with van der Waals surface area (Å²) < 4.78 is 38.5. The quantitative estimate of drug-likeness (QED) is 0.796. The summed E-state index contributed by atoms with van der Waals surface area (Å²) in [6, 6.07) is 3.96. The van der Waals surface area contributed by atoms with Gasteiger partial charge in [0.05, 0.1) is 5.52 Å². The summed E-state index contributed by atoms with van der Waals surface area (Å²) in [5, 5.41) is 0. The molecule has 2 aromatic rings. The van der Waals surface area contributed by atoms with Crippen LogP contribution in [0.3, 0.4) is 0 Å². The van der Waals surface area contributed by atoms with Gasteiger partial charge in [0.25, 0.3) is 0 Å². The zero-order valence-electron chi connectivity index (χ0n) is 8.36. The van der Waals surface area contributed by atoms with Crippen molar-refractivity contribution in [1.29, 1.82) is 0 Å². The van der Waals surface area contributed by atoms with Gasteiger partial charge in [-0.25, -0.2) is 4.98 Å². The van der Waals surface area contributed by atoms with E-state index < -0.39 is 15.9 Å². The molecule has 0 atom stereocenters. The molecule has 0 aliphatic carbocycles. The van der Waals surface area contributed by atoms with Crippen LogP contribution in [0.2, 0.25) is 0 Å². The summed E-state index contributed by atoms with van der Waals surface area (Å²) in [5.74, 6) is -0.520. The van der Waals surface area contributed by atoms with Gasteiger partial charge in [-0.15, -0.1) is 13.2 Å². The average molecular weight is 319 g/mol. The molecule has 0 fully saturated rings. The lowest BCUT2D eigenvalue weighted by Crippen LogP contribution is -2.17. The van der Waals surface area contributed by atoms with E-state index in [-0.39, 0.29) is 16.9 Å². The Kier molecular flexibility index (Phi) is 3.29. The van der Waals surface area contributed by atoms with Gasteiger partial charge in [-0.1, -0.05) is 40.9 Å². The highest BCUT2D eigenvalue weighted by Crippen LogP contribution is 2.38. The number of para-hydroxylation sites is 1. The molecular formula is C9H4Cl3F3N2O. The zero-order chi connectivity index (χ0) is 13.6. The Morgan fingerprint density at radius 2 is 1.83 bits per heavy atom. The van der Waals surface area contributed by atoms with E-state index >= 15 is 0 Å². The molecule has 0 radical (unpaired) electrons. The van der Waals surface area contributed by atoms with Gasteiger partial charge in [0.1, 0.15) is 5.52 Å². The number of halogens is 6. The van der Waals surface area contributed by atoms with E-state index in [2.05, 4.69) is 14.7 Å². The number of hydrogen-bond donors (Lipinski definition) is 1. The summed E-state index contributed by atoms with van der Waals surface area (Å²) >= 11 is 16.8. The van der Waals surface area contributed by atoms with Crippen LogP contribution in [-0.4, -0.2) is 16.3 Å². The summed E-state index contributed by atoms with van der Waals surface area (Å²) in [7, 11) is 0. The number of alkyl halides is 6. The van der Waals surface area contributed by atoms with Crippen molar-refractivity contribution >= 4 is 45.8 Å². The molecule has 1 N–H and O–H groups in total. The minimum atomic E-state index is -4.81. The second-order valence-electron chi connectivity index (χ2n) is 3.28. The first-order valence-electron chi connectivity index (χ1n) is 4.48. The Balaban J connectivity index is 2.53. The highest BCUT2D eigenvalue weighted by Gasteiger charge is 2.33. The predicted octanol–water partition coefficient (Wildman–Crippen LogP) is 4.29. The Labute approximate surface area is 114 Å². The maximum absolute atomic E-state index is 12.2. The highest BCUT2D eigenvalue weighted by molar-refractivity contribution is 6.66. The topological polar surface area (TPSA) is 37.9 Å². The number of rotatable bonds is 1. The van der Waals surface area contributed by atoms with Gasteiger partial charge >= 0.3 is 6.36 Å². The first-order valence-corrected chi connectivity index (χ1v) is 5.62. The van der Waals surface area contributed by atoms with Crippen molar-refractivity contribution in [1.82, 2.24) is 9.97 Å². The molecule has 1 heterocycles. The molecule has 3 nitrogen and oxygen atoms in total. The van der Waals surface area contributed by atoms with Crippen LogP contribution < -0.4 is 4.74 Å². The number of nitrogens with zero attached hydrogens (tertiary/aromatic N) is 1. The minimum Gasteiger partial charge on any atom is -0.403 e. The highest BCUT2D eigenvalue weighted by atomic mass is 35.6. The lowest BCUT2D eigenvalue weighted by Gasteiger charge is -2.09. The van der Waals surface area contributed by atoms with Gasteiger partial charge in [0, 0.05) is 0 Å². The number of H-pyrrole nitrogens is 1. The SMILES string of the molecule is FC(F)(F)Oc1cccc2nc(C(Cl)(Cl)Cl)[nH]c12. The van der Waals surface area contributed by atoms with E-state index in [0.29, 0.717) is 0 Å². The van der Waals surface area contributed by atoms with E-state index in [1.165, 1.54) is 12.1 Å². The summed E-state index contributed by atoms with van der Waals surface area (Å²) in [4.78, 5) is 6.37. The summed E-state index contributed by atoms with van der Waals surface area (Å²) in [6.07, 6.45) is -4.81. The van der Waals surface area contributed by atoms with Gasteiger partial charge < -0.3 is 9.72 Å². The van der Waals surface area contributed by atoms with Crippen molar-refractivity contribution in [3.05, 3.63) is 24.0 Å². The third kappa shape index (κ3) is 2.93. The lowest BCUT2D eigenvalue weighted by atomic mass is 10.3. The molecule has 0 aliphatic heterocycles. The fourth-order valence-corrected chi connectivity index (χ4v) is 1.62. The van der Waals surface area contributed by atoms with Gasteiger partial charge in [-0.2, -0.15) is 0 Å². The number of hydrogen-bond acceptors (Lipinski definition) is 2. The maximum Gasteiger partial charge on any atom is 0.573 e. The molecule has 98 valence electrons. The Hall–Kier alpha value is -0.850. The molecule has 0 bridgehead atoms. The number of benzene rings is 1. The van der Waals surface area contributed by atoms with Crippen molar-refractivity contribution in [2.45, 2.75) is 10.2 Å². The van der Waals surface area contributed by atoms with Crippen LogP contribution in [-0.2, 0) is 3.79 Å². The van der Waals surface area contributed by atoms with Crippen LogP contribution in [0, 0.1) is 0 Å². The summed E-state index contributed by atoms with van der Waals surface area (Å²) in [5.41, 5.74) is 0.217. The van der Waals surface area contributed by atoms with Gasteiger partial charge in [0.15, 0.2) is 11.6 Å². The van der Waals surface area contributed by atoms with Crippen molar-refractivity contribution in [3.8, 4) is 5.75 Å². The number of aromatic nitrogens is 2. The zero-order valence-corrected chi connectivity index (χ0v) is 10.6. The maximum atomic E-state index is 12.2. The number of ether oxygens (including phenoxy) is 1. The number of aromatic amines is 1. The molecule has 0 saturated heterocycles. The summed E-state index contributed by atoms with van der Waals surface area (Å²) in [6.45, 7) is 0. The second kappa shape index (κ2) is 4.36. The molecule has 1 aromatic carbocycles. The number of nitrogens with one attached hydrogen (secondary N) is 1. The molecule has 9 heteroatoms. The number of imidazole rings is 1. The van der Waals surface area contributed by atoms with Crippen molar-refractivity contribution in [2.24, 2.45) is 0 Å². The molecule has 18 heavy (non-hydrogen) atoms.